The zero-order valence-corrected chi connectivity index (χ0v) is 14.2. The van der Waals surface area contributed by atoms with E-state index in [9.17, 15) is 9.18 Å². The highest BCUT2D eigenvalue weighted by Crippen LogP contribution is 2.30. The summed E-state index contributed by atoms with van der Waals surface area (Å²) in [5, 5.41) is 6.43. The van der Waals surface area contributed by atoms with Crippen molar-refractivity contribution in [2.24, 2.45) is 0 Å². The van der Waals surface area contributed by atoms with Gasteiger partial charge < -0.3 is 10.6 Å². The first-order valence-electron chi connectivity index (χ1n) is 8.70. The topological polar surface area (TPSA) is 41.1 Å². The SMILES string of the molecule is C=CC(=O)NCc1ccc(-c2ccc(F)cc2)cc1C1CCCCN1. The molecule has 3 rings (SSSR count). The van der Waals surface area contributed by atoms with Gasteiger partial charge in [-0.05, 0) is 65.9 Å². The molecule has 130 valence electrons. The van der Waals surface area contributed by atoms with Crippen LogP contribution < -0.4 is 10.6 Å². The second-order valence-electron chi connectivity index (χ2n) is 6.34. The third-order valence-electron chi connectivity index (χ3n) is 4.65. The molecule has 2 aromatic carbocycles. The van der Waals surface area contributed by atoms with Gasteiger partial charge in [0, 0.05) is 12.6 Å². The largest absolute Gasteiger partial charge is 0.348 e. The fourth-order valence-electron chi connectivity index (χ4n) is 3.27. The van der Waals surface area contributed by atoms with Gasteiger partial charge >= 0.3 is 0 Å². The standard InChI is InChI=1S/C21H23FN2O/c1-2-21(25)24-14-17-7-6-16(15-8-10-18(22)11-9-15)13-19(17)20-5-3-4-12-23-20/h2,6-11,13,20,23H,1,3-5,12,14H2,(H,24,25). The van der Waals surface area contributed by atoms with Crippen LogP contribution >= 0.6 is 0 Å². The number of nitrogens with one attached hydrogen (secondary N) is 2. The van der Waals surface area contributed by atoms with Crippen molar-refractivity contribution < 1.29 is 9.18 Å². The van der Waals surface area contributed by atoms with Gasteiger partial charge in [0.05, 0.1) is 0 Å². The average molecular weight is 338 g/mol. The van der Waals surface area contributed by atoms with Crippen LogP contribution in [0.1, 0.15) is 36.4 Å². The fraction of sp³-hybridized carbons (Fsp3) is 0.286. The van der Waals surface area contributed by atoms with Crippen molar-refractivity contribution in [1.29, 1.82) is 0 Å². The van der Waals surface area contributed by atoms with Gasteiger partial charge in [-0.2, -0.15) is 0 Å². The van der Waals surface area contributed by atoms with E-state index >= 15 is 0 Å². The highest BCUT2D eigenvalue weighted by molar-refractivity contribution is 5.86. The van der Waals surface area contributed by atoms with Crippen LogP contribution in [0.4, 0.5) is 4.39 Å². The van der Waals surface area contributed by atoms with E-state index in [1.807, 2.05) is 12.1 Å². The first-order chi connectivity index (χ1) is 12.2. The number of carbonyl (C=O) groups is 1. The Bertz CT molecular complexity index is 749. The number of benzene rings is 2. The highest BCUT2D eigenvalue weighted by atomic mass is 19.1. The molecule has 1 unspecified atom stereocenters. The Morgan fingerprint density at radius 1 is 1.20 bits per heavy atom. The molecular weight excluding hydrogens is 315 g/mol. The van der Waals surface area contributed by atoms with Gasteiger partial charge in [0.2, 0.25) is 5.91 Å². The van der Waals surface area contributed by atoms with Crippen LogP contribution in [0.15, 0.2) is 55.1 Å². The first-order valence-corrected chi connectivity index (χ1v) is 8.70. The van der Waals surface area contributed by atoms with Crippen molar-refractivity contribution in [2.75, 3.05) is 6.54 Å². The minimum Gasteiger partial charge on any atom is -0.348 e. The molecule has 1 fully saturated rings. The van der Waals surface area contributed by atoms with Crippen LogP contribution in [-0.4, -0.2) is 12.5 Å². The molecule has 1 saturated heterocycles. The summed E-state index contributed by atoms with van der Waals surface area (Å²) in [5.74, 6) is -0.410. The molecule has 2 N–H and O–H groups in total. The lowest BCUT2D eigenvalue weighted by Gasteiger charge is -2.26. The molecule has 25 heavy (non-hydrogen) atoms. The molecule has 0 spiro atoms. The van der Waals surface area contributed by atoms with E-state index in [0.29, 0.717) is 6.54 Å². The number of amides is 1. The summed E-state index contributed by atoms with van der Waals surface area (Å²) in [6, 6.07) is 13.1. The number of hydrogen-bond donors (Lipinski definition) is 2. The lowest BCUT2D eigenvalue weighted by molar-refractivity contribution is -0.116. The third-order valence-corrected chi connectivity index (χ3v) is 4.65. The Balaban J connectivity index is 1.92. The number of halogens is 1. The molecule has 4 heteroatoms. The predicted molar refractivity (Wildman–Crippen MR) is 98.5 cm³/mol. The number of carbonyl (C=O) groups excluding carboxylic acids is 1. The molecule has 0 radical (unpaired) electrons. The predicted octanol–water partition coefficient (Wildman–Crippen LogP) is 4.11. The van der Waals surface area contributed by atoms with Gasteiger partial charge in [-0.15, -0.1) is 0 Å². The quantitative estimate of drug-likeness (QED) is 0.806. The molecule has 0 saturated carbocycles. The van der Waals surface area contributed by atoms with Crippen LogP contribution in [-0.2, 0) is 11.3 Å². The van der Waals surface area contributed by atoms with Crippen LogP contribution in [0.3, 0.4) is 0 Å². The van der Waals surface area contributed by atoms with Gasteiger partial charge in [0.25, 0.3) is 0 Å². The molecule has 3 nitrogen and oxygen atoms in total. The molecule has 1 heterocycles. The molecule has 2 aromatic rings. The van der Waals surface area contributed by atoms with E-state index in [-0.39, 0.29) is 17.8 Å². The molecular formula is C21H23FN2O. The van der Waals surface area contributed by atoms with E-state index in [1.165, 1.54) is 36.6 Å². The Morgan fingerprint density at radius 2 is 1.96 bits per heavy atom. The Labute approximate surface area is 148 Å². The molecule has 0 aromatic heterocycles. The van der Waals surface area contributed by atoms with Gasteiger partial charge in [0.15, 0.2) is 0 Å². The van der Waals surface area contributed by atoms with E-state index in [0.717, 1.165) is 29.7 Å². The number of piperidine rings is 1. The minimum absolute atomic E-state index is 0.176. The molecule has 1 amide bonds. The first kappa shape index (κ1) is 17.4. The van der Waals surface area contributed by atoms with Crippen LogP contribution in [0.25, 0.3) is 11.1 Å². The van der Waals surface area contributed by atoms with Crippen molar-refractivity contribution in [2.45, 2.75) is 31.8 Å². The van der Waals surface area contributed by atoms with Gasteiger partial charge in [0.1, 0.15) is 5.82 Å². The van der Waals surface area contributed by atoms with Crippen molar-refractivity contribution in [3.05, 3.63) is 72.1 Å². The summed E-state index contributed by atoms with van der Waals surface area (Å²) < 4.78 is 13.2. The van der Waals surface area contributed by atoms with Gasteiger partial charge in [-0.25, -0.2) is 4.39 Å². The van der Waals surface area contributed by atoms with Crippen LogP contribution in [0.2, 0.25) is 0 Å². The monoisotopic (exact) mass is 338 g/mol. The van der Waals surface area contributed by atoms with Crippen molar-refractivity contribution in [1.82, 2.24) is 10.6 Å². The Hall–Kier alpha value is -2.46. The maximum Gasteiger partial charge on any atom is 0.243 e. The Morgan fingerprint density at radius 3 is 2.64 bits per heavy atom. The third kappa shape index (κ3) is 4.34. The van der Waals surface area contributed by atoms with E-state index in [2.05, 4.69) is 23.3 Å². The minimum atomic E-state index is -0.235. The summed E-state index contributed by atoms with van der Waals surface area (Å²) in [5.41, 5.74) is 4.34. The molecule has 1 atom stereocenters. The second kappa shape index (κ2) is 8.08. The van der Waals surface area contributed by atoms with Crippen LogP contribution in [0, 0.1) is 5.82 Å². The summed E-state index contributed by atoms with van der Waals surface area (Å²) >= 11 is 0. The molecule has 0 aliphatic carbocycles. The van der Waals surface area contributed by atoms with E-state index in [4.69, 9.17) is 0 Å². The summed E-state index contributed by atoms with van der Waals surface area (Å²) in [6.45, 7) is 4.97. The van der Waals surface area contributed by atoms with Gasteiger partial charge in [-0.3, -0.25) is 4.79 Å². The summed E-state index contributed by atoms with van der Waals surface area (Å²) in [4.78, 5) is 11.5. The highest BCUT2D eigenvalue weighted by Gasteiger charge is 2.18. The normalized spacial score (nSPS) is 17.1. The fourth-order valence-corrected chi connectivity index (χ4v) is 3.27. The van der Waals surface area contributed by atoms with Crippen molar-refractivity contribution in [3.63, 3.8) is 0 Å². The van der Waals surface area contributed by atoms with Crippen molar-refractivity contribution in [3.8, 4) is 11.1 Å². The zero-order valence-electron chi connectivity index (χ0n) is 14.2. The van der Waals surface area contributed by atoms with Crippen LogP contribution in [0.5, 0.6) is 0 Å². The maximum atomic E-state index is 13.2. The zero-order chi connectivity index (χ0) is 17.6. The summed E-state index contributed by atoms with van der Waals surface area (Å²) in [6.07, 6.45) is 4.74. The van der Waals surface area contributed by atoms with Crippen molar-refractivity contribution >= 4 is 5.91 Å². The number of hydrogen-bond acceptors (Lipinski definition) is 2. The molecule has 0 bridgehead atoms. The average Bonchev–Trinajstić information content (AvgIpc) is 2.67. The molecule has 1 aliphatic rings. The lowest BCUT2D eigenvalue weighted by Crippen LogP contribution is -2.29. The second-order valence-corrected chi connectivity index (χ2v) is 6.34. The maximum absolute atomic E-state index is 13.2. The molecule has 1 aliphatic heterocycles. The van der Waals surface area contributed by atoms with E-state index in [1.54, 1.807) is 12.1 Å². The summed E-state index contributed by atoms with van der Waals surface area (Å²) in [7, 11) is 0. The lowest BCUT2D eigenvalue weighted by atomic mass is 9.90. The van der Waals surface area contributed by atoms with Gasteiger partial charge in [-0.1, -0.05) is 37.3 Å². The van der Waals surface area contributed by atoms with E-state index < -0.39 is 0 Å². The smallest absolute Gasteiger partial charge is 0.243 e. The number of rotatable bonds is 5. The Kier molecular flexibility index (Phi) is 5.61.